The molecule has 3 heterocycles. The van der Waals surface area contributed by atoms with Crippen LogP contribution in [-0.4, -0.2) is 43.8 Å². The monoisotopic (exact) mass is 525 g/mol. The second-order valence-electron chi connectivity index (χ2n) is 9.17. The summed E-state index contributed by atoms with van der Waals surface area (Å²) >= 11 is 0. The number of pyridine rings is 2. The van der Waals surface area contributed by atoms with Gasteiger partial charge in [-0.3, -0.25) is 0 Å². The van der Waals surface area contributed by atoms with Crippen LogP contribution in [0.15, 0.2) is 90.2 Å². The molecule has 1 aliphatic rings. The summed E-state index contributed by atoms with van der Waals surface area (Å²) in [6.07, 6.45) is 5.00. The Bertz CT molecular complexity index is 1550. The number of sulfone groups is 1. The minimum Gasteiger partial charge on any atom is -0.469 e. The highest BCUT2D eigenvalue weighted by Gasteiger charge is 2.29. The largest absolute Gasteiger partial charge is 0.469 e. The summed E-state index contributed by atoms with van der Waals surface area (Å²) in [6, 6.07) is 25.1. The lowest BCUT2D eigenvalue weighted by Gasteiger charge is -2.33. The zero-order chi connectivity index (χ0) is 26.5. The second-order valence-corrected chi connectivity index (χ2v) is 11.1. The number of fused-ring (bicyclic) bond motifs is 1. The van der Waals surface area contributed by atoms with Crippen LogP contribution in [0, 0.1) is 11.3 Å². The molecule has 0 spiro atoms. The molecule has 4 aromatic rings. The highest BCUT2D eigenvalue weighted by atomic mass is 32.2. The van der Waals surface area contributed by atoms with Gasteiger partial charge in [-0.05, 0) is 54.4 Å². The van der Waals surface area contributed by atoms with Gasteiger partial charge in [-0.25, -0.2) is 18.4 Å². The second kappa shape index (κ2) is 11.0. The van der Waals surface area contributed by atoms with E-state index in [2.05, 4.69) is 38.8 Å². The summed E-state index contributed by atoms with van der Waals surface area (Å²) in [7, 11) is -3.36. The van der Waals surface area contributed by atoms with Crippen LogP contribution in [-0.2, 0) is 16.3 Å². The van der Waals surface area contributed by atoms with Gasteiger partial charge in [0.15, 0.2) is 14.9 Å². The fourth-order valence-electron chi connectivity index (χ4n) is 4.42. The van der Waals surface area contributed by atoms with Gasteiger partial charge in [-0.15, -0.1) is 0 Å². The fourth-order valence-corrected chi connectivity index (χ4v) is 4.98. The van der Waals surface area contributed by atoms with E-state index in [1.165, 1.54) is 12.3 Å². The summed E-state index contributed by atoms with van der Waals surface area (Å²) in [5.74, 6) is 0.514. The number of anilines is 1. The van der Waals surface area contributed by atoms with Crippen molar-refractivity contribution in [1.29, 1.82) is 5.26 Å². The standard InChI is InChI=1S/C29H27N5O3S/c1-38(35,36)27-12-11-23(17-33-27)24-15-25-29(34-18-24)37-26(19-32-25)28(22-5-3-2-4-6-22)31-14-13-20-7-9-21(16-30)10-8-20/h2-12,15,17-18,26,28,31-32H,13-14,19H2,1H3/t26-,28+/m0/s1. The number of rotatable bonds is 8. The first-order valence-corrected chi connectivity index (χ1v) is 14.1. The van der Waals surface area contributed by atoms with Crippen molar-refractivity contribution < 1.29 is 13.2 Å². The number of benzene rings is 2. The summed E-state index contributed by atoms with van der Waals surface area (Å²) in [4.78, 5) is 8.63. The zero-order valence-corrected chi connectivity index (χ0v) is 21.7. The maximum atomic E-state index is 11.7. The van der Waals surface area contributed by atoms with Gasteiger partial charge in [0, 0.05) is 29.8 Å². The minimum atomic E-state index is -3.36. The molecule has 0 saturated carbocycles. The number of hydrogen-bond acceptors (Lipinski definition) is 8. The zero-order valence-electron chi connectivity index (χ0n) is 20.8. The van der Waals surface area contributed by atoms with Gasteiger partial charge < -0.3 is 15.4 Å². The van der Waals surface area contributed by atoms with E-state index < -0.39 is 9.84 Å². The predicted molar refractivity (Wildman–Crippen MR) is 146 cm³/mol. The Balaban J connectivity index is 1.30. The molecular formula is C29H27N5O3S. The van der Waals surface area contributed by atoms with Crippen LogP contribution < -0.4 is 15.4 Å². The molecular weight excluding hydrogens is 498 g/mol. The molecule has 38 heavy (non-hydrogen) atoms. The van der Waals surface area contributed by atoms with Crippen molar-refractivity contribution in [2.45, 2.75) is 23.6 Å². The predicted octanol–water partition coefficient (Wildman–Crippen LogP) is 4.17. The smallest absolute Gasteiger partial charge is 0.237 e. The minimum absolute atomic E-state index is 0.0371. The molecule has 2 aromatic heterocycles. The summed E-state index contributed by atoms with van der Waals surface area (Å²) in [5, 5.41) is 16.2. The molecule has 8 nitrogen and oxygen atoms in total. The molecule has 5 rings (SSSR count). The van der Waals surface area contributed by atoms with Crippen molar-refractivity contribution in [2.75, 3.05) is 24.7 Å². The topological polar surface area (TPSA) is 117 Å². The van der Waals surface area contributed by atoms with E-state index >= 15 is 0 Å². The molecule has 0 fully saturated rings. The number of ether oxygens (including phenoxy) is 1. The molecule has 0 radical (unpaired) electrons. The van der Waals surface area contributed by atoms with Crippen LogP contribution in [0.5, 0.6) is 5.88 Å². The average Bonchev–Trinajstić information content (AvgIpc) is 2.95. The Morgan fingerprint density at radius 2 is 1.82 bits per heavy atom. The van der Waals surface area contributed by atoms with Gasteiger partial charge in [0.25, 0.3) is 0 Å². The van der Waals surface area contributed by atoms with E-state index in [1.807, 2.05) is 48.5 Å². The van der Waals surface area contributed by atoms with Gasteiger partial charge in [0.1, 0.15) is 6.10 Å². The van der Waals surface area contributed by atoms with Crippen molar-refractivity contribution in [3.63, 3.8) is 0 Å². The molecule has 0 amide bonds. The van der Waals surface area contributed by atoms with Crippen molar-refractivity contribution in [2.24, 2.45) is 0 Å². The molecule has 0 bridgehead atoms. The Morgan fingerprint density at radius 1 is 1.05 bits per heavy atom. The molecule has 2 atom stereocenters. The third-order valence-electron chi connectivity index (χ3n) is 6.45. The van der Waals surface area contributed by atoms with E-state index in [9.17, 15) is 8.42 Å². The maximum Gasteiger partial charge on any atom is 0.237 e. The van der Waals surface area contributed by atoms with Crippen LogP contribution in [0.4, 0.5) is 5.69 Å². The third-order valence-corrected chi connectivity index (χ3v) is 7.45. The molecule has 2 N–H and O–H groups in total. The summed E-state index contributed by atoms with van der Waals surface area (Å²) < 4.78 is 29.8. The quantitative estimate of drug-likeness (QED) is 0.352. The lowest BCUT2D eigenvalue weighted by atomic mass is 9.99. The lowest BCUT2D eigenvalue weighted by molar-refractivity contribution is 0.150. The average molecular weight is 526 g/mol. The highest BCUT2D eigenvalue weighted by Crippen LogP contribution is 2.34. The fraction of sp³-hybridized carbons (Fsp3) is 0.207. The van der Waals surface area contributed by atoms with Crippen LogP contribution in [0.2, 0.25) is 0 Å². The number of nitrogens with zero attached hydrogens (tertiary/aromatic N) is 3. The molecule has 192 valence electrons. The van der Waals surface area contributed by atoms with Crippen molar-refractivity contribution in [1.82, 2.24) is 15.3 Å². The first-order valence-electron chi connectivity index (χ1n) is 12.2. The Labute approximate surface area is 222 Å². The van der Waals surface area contributed by atoms with Crippen LogP contribution in [0.1, 0.15) is 22.7 Å². The van der Waals surface area contributed by atoms with E-state index in [-0.39, 0.29) is 17.2 Å². The maximum absolute atomic E-state index is 11.7. The Morgan fingerprint density at radius 3 is 2.50 bits per heavy atom. The third kappa shape index (κ3) is 5.83. The van der Waals surface area contributed by atoms with E-state index in [1.54, 1.807) is 12.3 Å². The Kier molecular flexibility index (Phi) is 7.36. The molecule has 1 aliphatic heterocycles. The Hall–Kier alpha value is -4.26. The van der Waals surface area contributed by atoms with Crippen molar-refractivity contribution >= 4 is 15.5 Å². The first-order chi connectivity index (χ1) is 18.4. The number of aromatic nitrogens is 2. The number of nitrogens with one attached hydrogen (secondary N) is 2. The van der Waals surface area contributed by atoms with Crippen molar-refractivity contribution in [3.8, 4) is 23.1 Å². The normalized spacial score (nSPS) is 15.4. The van der Waals surface area contributed by atoms with E-state index in [4.69, 9.17) is 10.00 Å². The van der Waals surface area contributed by atoms with Crippen LogP contribution in [0.3, 0.4) is 0 Å². The summed E-state index contributed by atoms with van der Waals surface area (Å²) in [5.41, 5.74) is 5.28. The van der Waals surface area contributed by atoms with Crippen LogP contribution >= 0.6 is 0 Å². The van der Waals surface area contributed by atoms with Gasteiger partial charge in [-0.1, -0.05) is 42.5 Å². The first kappa shape index (κ1) is 25.4. The van der Waals surface area contributed by atoms with Gasteiger partial charge in [0.05, 0.1) is 29.9 Å². The molecule has 0 aliphatic carbocycles. The molecule has 0 saturated heterocycles. The summed E-state index contributed by atoms with van der Waals surface area (Å²) in [6.45, 7) is 1.31. The van der Waals surface area contributed by atoms with Gasteiger partial charge in [-0.2, -0.15) is 5.26 Å². The van der Waals surface area contributed by atoms with Gasteiger partial charge >= 0.3 is 0 Å². The van der Waals surface area contributed by atoms with Crippen molar-refractivity contribution in [3.05, 3.63) is 102 Å². The van der Waals surface area contributed by atoms with Crippen LogP contribution in [0.25, 0.3) is 11.1 Å². The SMILES string of the molecule is CS(=O)(=O)c1ccc(-c2cnc3c(c2)NC[C@@H]([C@H](NCCc2ccc(C#N)cc2)c2ccccc2)O3)cn1. The number of nitriles is 1. The highest BCUT2D eigenvalue weighted by molar-refractivity contribution is 7.90. The molecule has 0 unspecified atom stereocenters. The molecule has 2 aromatic carbocycles. The lowest BCUT2D eigenvalue weighted by Crippen LogP contribution is -2.43. The molecule has 9 heteroatoms. The number of hydrogen-bond donors (Lipinski definition) is 2. The van der Waals surface area contributed by atoms with E-state index in [0.717, 1.165) is 47.2 Å². The van der Waals surface area contributed by atoms with Gasteiger partial charge in [0.2, 0.25) is 5.88 Å². The van der Waals surface area contributed by atoms with E-state index in [0.29, 0.717) is 18.0 Å².